The van der Waals surface area contributed by atoms with Crippen LogP contribution < -0.4 is 5.32 Å². The molecular weight excluding hydrogens is 238 g/mol. The molecule has 1 aromatic carbocycles. The maximum absolute atomic E-state index is 9.74. The van der Waals surface area contributed by atoms with E-state index in [-0.39, 0.29) is 12.0 Å². The van der Waals surface area contributed by atoms with Gasteiger partial charge in [-0.05, 0) is 12.0 Å². The molecule has 0 aliphatic carbocycles. The van der Waals surface area contributed by atoms with E-state index in [9.17, 15) is 5.11 Å². The molecule has 1 aliphatic rings. The third kappa shape index (κ3) is 3.26. The third-order valence-corrected chi connectivity index (χ3v) is 3.73. The van der Waals surface area contributed by atoms with E-state index in [0.29, 0.717) is 6.54 Å². The minimum Gasteiger partial charge on any atom is -0.395 e. The molecule has 4 nitrogen and oxygen atoms in total. The fourth-order valence-corrected chi connectivity index (χ4v) is 2.27. The Morgan fingerprint density at radius 2 is 2.11 bits per heavy atom. The van der Waals surface area contributed by atoms with E-state index < -0.39 is 0 Å². The van der Waals surface area contributed by atoms with Crippen LogP contribution >= 0.6 is 0 Å². The van der Waals surface area contributed by atoms with Crippen LogP contribution in [0.15, 0.2) is 35.3 Å². The molecule has 0 amide bonds. The second-order valence-corrected chi connectivity index (χ2v) is 5.42. The average Bonchev–Trinajstić information content (AvgIpc) is 2.47. The van der Waals surface area contributed by atoms with Gasteiger partial charge in [-0.1, -0.05) is 37.3 Å². The van der Waals surface area contributed by atoms with Crippen molar-refractivity contribution in [1.82, 2.24) is 10.2 Å². The molecular formula is C15H23N3O. The Labute approximate surface area is 115 Å². The highest BCUT2D eigenvalue weighted by Gasteiger charge is 2.26. The lowest BCUT2D eigenvalue weighted by atomic mass is 9.83. The lowest BCUT2D eigenvalue weighted by molar-refractivity contribution is 0.205. The lowest BCUT2D eigenvalue weighted by Gasteiger charge is -2.32. The molecule has 0 bridgehead atoms. The average molecular weight is 261 g/mol. The Kier molecular flexibility index (Phi) is 4.43. The molecule has 1 heterocycles. The minimum atomic E-state index is -0.290. The van der Waals surface area contributed by atoms with Crippen LogP contribution in [0.1, 0.15) is 18.9 Å². The van der Waals surface area contributed by atoms with Gasteiger partial charge in [0.05, 0.1) is 6.61 Å². The van der Waals surface area contributed by atoms with Gasteiger partial charge in [-0.3, -0.25) is 4.99 Å². The third-order valence-electron chi connectivity index (χ3n) is 3.73. The van der Waals surface area contributed by atoms with E-state index in [0.717, 1.165) is 31.0 Å². The van der Waals surface area contributed by atoms with E-state index in [4.69, 9.17) is 0 Å². The number of hydrogen-bond donors (Lipinski definition) is 2. The number of aliphatic hydroxyl groups is 1. The molecule has 2 rings (SSSR count). The molecule has 0 saturated carbocycles. The van der Waals surface area contributed by atoms with E-state index in [1.165, 1.54) is 0 Å². The van der Waals surface area contributed by atoms with Crippen molar-refractivity contribution < 1.29 is 5.11 Å². The Bertz CT molecular complexity index is 432. The first-order chi connectivity index (χ1) is 9.15. The van der Waals surface area contributed by atoms with Crippen LogP contribution in [0.2, 0.25) is 0 Å². The molecule has 1 unspecified atom stereocenters. The Morgan fingerprint density at radius 3 is 2.74 bits per heavy atom. The predicted molar refractivity (Wildman–Crippen MR) is 78.4 cm³/mol. The van der Waals surface area contributed by atoms with Crippen molar-refractivity contribution in [2.45, 2.75) is 18.8 Å². The van der Waals surface area contributed by atoms with Gasteiger partial charge < -0.3 is 15.3 Å². The van der Waals surface area contributed by atoms with Crippen molar-refractivity contribution in [3.8, 4) is 0 Å². The van der Waals surface area contributed by atoms with Crippen molar-refractivity contribution in [3.63, 3.8) is 0 Å². The van der Waals surface area contributed by atoms with Crippen LogP contribution in [0, 0.1) is 0 Å². The van der Waals surface area contributed by atoms with E-state index in [1.54, 1.807) is 0 Å². The topological polar surface area (TPSA) is 47.9 Å². The Morgan fingerprint density at radius 1 is 1.37 bits per heavy atom. The highest BCUT2D eigenvalue weighted by atomic mass is 16.3. The molecule has 1 aromatic rings. The summed E-state index contributed by atoms with van der Waals surface area (Å²) in [6.07, 6.45) is 1.11. The number of aliphatic imine (C=N–C) groups is 1. The van der Waals surface area contributed by atoms with E-state index in [2.05, 4.69) is 34.3 Å². The van der Waals surface area contributed by atoms with Gasteiger partial charge in [-0.2, -0.15) is 0 Å². The smallest absolute Gasteiger partial charge is 0.193 e. The molecule has 0 saturated heterocycles. The summed E-state index contributed by atoms with van der Waals surface area (Å²) in [5, 5.41) is 13.1. The predicted octanol–water partition coefficient (Wildman–Crippen LogP) is 1.22. The molecule has 2 N–H and O–H groups in total. The van der Waals surface area contributed by atoms with Crippen molar-refractivity contribution in [2.24, 2.45) is 4.99 Å². The molecule has 104 valence electrons. The van der Waals surface area contributed by atoms with Gasteiger partial charge in [0.15, 0.2) is 5.96 Å². The molecule has 4 heteroatoms. The molecule has 0 spiro atoms. The summed E-state index contributed by atoms with van der Waals surface area (Å²) in [6, 6.07) is 10.1. The first-order valence-electron chi connectivity index (χ1n) is 6.81. The number of nitrogens with one attached hydrogen (secondary N) is 1. The van der Waals surface area contributed by atoms with Gasteiger partial charge in [-0.25, -0.2) is 0 Å². The normalized spacial score (nSPS) is 18.7. The summed E-state index contributed by atoms with van der Waals surface area (Å²) in [5.41, 5.74) is 0.853. The largest absolute Gasteiger partial charge is 0.395 e. The van der Waals surface area contributed by atoms with Gasteiger partial charge in [0.2, 0.25) is 0 Å². The molecule has 1 aliphatic heterocycles. The fourth-order valence-electron chi connectivity index (χ4n) is 2.27. The van der Waals surface area contributed by atoms with Gasteiger partial charge in [0, 0.05) is 32.1 Å². The van der Waals surface area contributed by atoms with Crippen molar-refractivity contribution >= 4 is 5.96 Å². The zero-order valence-electron chi connectivity index (χ0n) is 11.8. The first-order valence-corrected chi connectivity index (χ1v) is 6.81. The second kappa shape index (κ2) is 6.06. The number of nitrogens with zero attached hydrogens (tertiary/aromatic N) is 2. The van der Waals surface area contributed by atoms with Crippen LogP contribution in [0.3, 0.4) is 0 Å². The highest BCUT2D eigenvalue weighted by Crippen LogP contribution is 2.22. The first kappa shape index (κ1) is 13.9. The zero-order chi connectivity index (χ0) is 13.7. The van der Waals surface area contributed by atoms with Crippen molar-refractivity contribution in [1.29, 1.82) is 0 Å². The summed E-state index contributed by atoms with van der Waals surface area (Å²) in [7, 11) is 2.05. The summed E-state index contributed by atoms with van der Waals surface area (Å²) in [4.78, 5) is 6.62. The molecule has 0 radical (unpaired) electrons. The van der Waals surface area contributed by atoms with Gasteiger partial charge in [0.25, 0.3) is 0 Å². The zero-order valence-corrected chi connectivity index (χ0v) is 11.8. The quantitative estimate of drug-likeness (QED) is 0.856. The van der Waals surface area contributed by atoms with Crippen LogP contribution in [-0.4, -0.2) is 49.3 Å². The molecule has 0 fully saturated rings. The van der Waals surface area contributed by atoms with E-state index >= 15 is 0 Å². The number of benzene rings is 1. The lowest BCUT2D eigenvalue weighted by Crippen LogP contribution is -2.48. The standard InChI is InChI=1S/C15H23N3O/c1-15(12-19,13-7-4-3-5-8-13)11-17-14-16-9-6-10-18(14)2/h3-5,7-8,19H,6,9-12H2,1-2H3,(H,16,17). The Hall–Kier alpha value is -1.55. The summed E-state index contributed by atoms with van der Waals surface area (Å²) < 4.78 is 0. The van der Waals surface area contributed by atoms with Crippen LogP contribution in [0.5, 0.6) is 0 Å². The maximum Gasteiger partial charge on any atom is 0.193 e. The highest BCUT2D eigenvalue weighted by molar-refractivity contribution is 5.80. The monoisotopic (exact) mass is 261 g/mol. The number of hydrogen-bond acceptors (Lipinski definition) is 4. The number of aliphatic hydroxyl groups excluding tert-OH is 1. The summed E-state index contributed by atoms with van der Waals surface area (Å²) in [5.74, 6) is 0.932. The molecule has 19 heavy (non-hydrogen) atoms. The number of guanidine groups is 1. The maximum atomic E-state index is 9.74. The van der Waals surface area contributed by atoms with Crippen LogP contribution in [0.25, 0.3) is 0 Å². The molecule has 0 aromatic heterocycles. The minimum absolute atomic E-state index is 0.112. The Balaban J connectivity index is 2.05. The van der Waals surface area contributed by atoms with E-state index in [1.807, 2.05) is 25.2 Å². The van der Waals surface area contributed by atoms with Gasteiger partial charge in [0.1, 0.15) is 0 Å². The number of rotatable bonds is 4. The summed E-state index contributed by atoms with van der Waals surface area (Å²) >= 11 is 0. The second-order valence-electron chi connectivity index (χ2n) is 5.42. The molecule has 1 atom stereocenters. The summed E-state index contributed by atoms with van der Waals surface area (Å²) in [6.45, 7) is 4.78. The van der Waals surface area contributed by atoms with Gasteiger partial charge >= 0.3 is 0 Å². The van der Waals surface area contributed by atoms with Crippen molar-refractivity contribution in [2.75, 3.05) is 33.3 Å². The fraction of sp³-hybridized carbons (Fsp3) is 0.533. The van der Waals surface area contributed by atoms with Crippen molar-refractivity contribution in [3.05, 3.63) is 35.9 Å². The van der Waals surface area contributed by atoms with Gasteiger partial charge in [-0.15, -0.1) is 0 Å². The van der Waals surface area contributed by atoms with Crippen LogP contribution in [0.4, 0.5) is 0 Å². The SMILES string of the molecule is CN1CCCN=C1NCC(C)(CO)c1ccccc1. The van der Waals surface area contributed by atoms with Crippen LogP contribution in [-0.2, 0) is 5.41 Å².